The molecule has 3 rings (SSSR count). The second-order valence-electron chi connectivity index (χ2n) is 7.21. The zero-order valence-corrected chi connectivity index (χ0v) is 15.1. The number of aryl methyl sites for hydroxylation is 3. The second-order valence-corrected chi connectivity index (χ2v) is 7.21. The smallest absolute Gasteiger partial charge is 0.276 e. The molecule has 136 valence electrons. The quantitative estimate of drug-likeness (QED) is 0.758. The van der Waals surface area contributed by atoms with E-state index >= 15 is 0 Å². The van der Waals surface area contributed by atoms with Gasteiger partial charge in [-0.2, -0.15) is 0 Å². The first-order valence-corrected chi connectivity index (χ1v) is 8.84. The number of amides is 1. The molecule has 2 heterocycles. The van der Waals surface area contributed by atoms with Crippen molar-refractivity contribution < 1.29 is 9.90 Å². The van der Waals surface area contributed by atoms with Crippen molar-refractivity contribution in [2.75, 3.05) is 6.54 Å². The number of rotatable bonds is 5. The van der Waals surface area contributed by atoms with Gasteiger partial charge in [0.1, 0.15) is 0 Å². The van der Waals surface area contributed by atoms with Crippen LogP contribution in [0.5, 0.6) is 0 Å². The predicted molar refractivity (Wildman–Crippen MR) is 95.6 cm³/mol. The van der Waals surface area contributed by atoms with Crippen LogP contribution in [0.15, 0.2) is 4.79 Å². The van der Waals surface area contributed by atoms with Crippen LogP contribution in [-0.4, -0.2) is 37.9 Å². The molecule has 0 bridgehead atoms. The minimum absolute atomic E-state index is 0.0822. The van der Waals surface area contributed by atoms with Crippen molar-refractivity contribution in [1.29, 1.82) is 0 Å². The third kappa shape index (κ3) is 3.46. The molecule has 1 saturated carbocycles. The minimum atomic E-state index is -0.737. The van der Waals surface area contributed by atoms with E-state index < -0.39 is 5.60 Å². The van der Waals surface area contributed by atoms with Gasteiger partial charge in [0.25, 0.3) is 5.56 Å². The van der Waals surface area contributed by atoms with E-state index in [9.17, 15) is 14.7 Å². The first-order valence-electron chi connectivity index (χ1n) is 8.84. The fourth-order valence-corrected chi connectivity index (χ4v) is 3.78. The number of aliphatic hydroxyl groups is 1. The van der Waals surface area contributed by atoms with Gasteiger partial charge in [-0.3, -0.25) is 19.4 Å². The van der Waals surface area contributed by atoms with Crippen LogP contribution in [0.2, 0.25) is 0 Å². The lowest BCUT2D eigenvalue weighted by Gasteiger charge is -2.22. The van der Waals surface area contributed by atoms with Gasteiger partial charge in [0.05, 0.1) is 11.0 Å². The molecule has 0 saturated heterocycles. The highest BCUT2D eigenvalue weighted by molar-refractivity contribution is 5.80. The van der Waals surface area contributed by atoms with Crippen LogP contribution in [0, 0.1) is 13.8 Å². The number of aromatic amines is 1. The van der Waals surface area contributed by atoms with Crippen molar-refractivity contribution in [3.63, 3.8) is 0 Å². The van der Waals surface area contributed by atoms with Crippen molar-refractivity contribution in [3.8, 4) is 0 Å². The lowest BCUT2D eigenvalue weighted by atomic mass is 9.99. The number of pyridine rings is 1. The summed E-state index contributed by atoms with van der Waals surface area (Å²) in [5.74, 6) is -0.0822. The molecule has 0 radical (unpaired) electrons. The van der Waals surface area contributed by atoms with E-state index in [-0.39, 0.29) is 11.5 Å². The Kier molecular flexibility index (Phi) is 4.69. The van der Waals surface area contributed by atoms with Crippen molar-refractivity contribution >= 4 is 16.9 Å². The number of nitrogens with zero attached hydrogens (tertiary/aromatic N) is 2. The monoisotopic (exact) mass is 346 g/mol. The lowest BCUT2D eigenvalue weighted by molar-refractivity contribution is -0.122. The Bertz CT molecular complexity index is 859. The summed E-state index contributed by atoms with van der Waals surface area (Å²) in [7, 11) is 1.67. The van der Waals surface area contributed by atoms with E-state index in [2.05, 4.69) is 15.4 Å². The van der Waals surface area contributed by atoms with Gasteiger partial charge in [-0.25, -0.2) is 4.98 Å². The maximum atomic E-state index is 12.2. The molecule has 7 heteroatoms. The molecule has 1 fully saturated rings. The molecule has 1 aliphatic carbocycles. The maximum absolute atomic E-state index is 12.2. The fraction of sp³-hybridized carbons (Fsp3) is 0.611. The average Bonchev–Trinajstić information content (AvgIpc) is 3.10. The number of carbonyl (C=O) groups excluding carboxylic acids is 1. The van der Waals surface area contributed by atoms with Gasteiger partial charge in [-0.1, -0.05) is 12.8 Å². The highest BCUT2D eigenvalue weighted by Gasteiger charge is 2.31. The van der Waals surface area contributed by atoms with Crippen LogP contribution >= 0.6 is 0 Å². The molecule has 0 spiro atoms. The van der Waals surface area contributed by atoms with E-state index in [1.54, 1.807) is 7.05 Å². The summed E-state index contributed by atoms with van der Waals surface area (Å²) in [6.45, 7) is 4.12. The first-order chi connectivity index (χ1) is 11.8. The number of hydrogen-bond acceptors (Lipinski definition) is 4. The Balaban J connectivity index is 1.69. The molecule has 2 aromatic rings. The summed E-state index contributed by atoms with van der Waals surface area (Å²) < 4.78 is 1.42. The Morgan fingerprint density at radius 1 is 1.36 bits per heavy atom. The molecular formula is C18H26N4O3. The fourth-order valence-electron chi connectivity index (χ4n) is 3.78. The van der Waals surface area contributed by atoms with Crippen LogP contribution in [0.25, 0.3) is 11.0 Å². The van der Waals surface area contributed by atoms with Gasteiger partial charge in [0, 0.05) is 25.7 Å². The number of H-pyrrole nitrogens is 1. The summed E-state index contributed by atoms with van der Waals surface area (Å²) in [5.41, 5.74) is 2.40. The van der Waals surface area contributed by atoms with Crippen LogP contribution in [-0.2, 0) is 18.3 Å². The molecule has 25 heavy (non-hydrogen) atoms. The van der Waals surface area contributed by atoms with Crippen LogP contribution < -0.4 is 10.9 Å². The largest absolute Gasteiger partial charge is 0.388 e. The predicted octanol–water partition coefficient (Wildman–Crippen LogP) is 1.23. The molecule has 2 aromatic heterocycles. The Morgan fingerprint density at radius 2 is 2.04 bits per heavy atom. The standard InChI is InChI=1S/C18H26N4O3/c1-11-13(12(2)20-16-15(11)17(24)22(3)21-16)6-7-14(23)19-10-18(25)8-4-5-9-18/h25H,4-10H2,1-3H3,(H,19,23)(H,20,21). The molecule has 7 nitrogen and oxygen atoms in total. The normalized spacial score (nSPS) is 16.5. The molecule has 3 N–H and O–H groups in total. The molecular weight excluding hydrogens is 320 g/mol. The van der Waals surface area contributed by atoms with Gasteiger partial charge in [0.2, 0.25) is 5.91 Å². The van der Waals surface area contributed by atoms with Crippen molar-refractivity contribution in [2.24, 2.45) is 7.05 Å². The lowest BCUT2D eigenvalue weighted by Crippen LogP contribution is -2.40. The van der Waals surface area contributed by atoms with E-state index in [0.29, 0.717) is 30.4 Å². The molecule has 0 unspecified atom stereocenters. The number of carbonyl (C=O) groups is 1. The van der Waals surface area contributed by atoms with Crippen LogP contribution in [0.1, 0.15) is 48.9 Å². The minimum Gasteiger partial charge on any atom is -0.388 e. The van der Waals surface area contributed by atoms with Gasteiger partial charge < -0.3 is 10.4 Å². The SMILES string of the molecule is Cc1nc2[nH]n(C)c(=O)c2c(C)c1CCC(=O)NCC1(O)CCCC1. The zero-order valence-electron chi connectivity index (χ0n) is 15.1. The topological polar surface area (TPSA) is 100 Å². The Morgan fingerprint density at radius 3 is 2.72 bits per heavy atom. The second kappa shape index (κ2) is 6.63. The van der Waals surface area contributed by atoms with E-state index in [1.165, 1.54) is 4.68 Å². The third-order valence-electron chi connectivity index (χ3n) is 5.32. The number of fused-ring (bicyclic) bond motifs is 1. The summed E-state index contributed by atoms with van der Waals surface area (Å²) in [6, 6.07) is 0. The summed E-state index contributed by atoms with van der Waals surface area (Å²) >= 11 is 0. The van der Waals surface area contributed by atoms with Gasteiger partial charge in [-0.05, 0) is 44.2 Å². The molecule has 1 aliphatic rings. The summed E-state index contributed by atoms with van der Waals surface area (Å²) in [5, 5.41) is 16.7. The van der Waals surface area contributed by atoms with Crippen LogP contribution in [0.3, 0.4) is 0 Å². The van der Waals surface area contributed by atoms with Gasteiger partial charge in [0.15, 0.2) is 5.65 Å². The molecule has 0 aromatic carbocycles. The van der Waals surface area contributed by atoms with Gasteiger partial charge >= 0.3 is 0 Å². The molecule has 0 atom stereocenters. The highest BCUT2D eigenvalue weighted by atomic mass is 16.3. The van der Waals surface area contributed by atoms with E-state index in [4.69, 9.17) is 0 Å². The Labute approximate surface area is 146 Å². The van der Waals surface area contributed by atoms with Crippen molar-refractivity contribution in [1.82, 2.24) is 20.1 Å². The van der Waals surface area contributed by atoms with E-state index in [1.807, 2.05) is 13.8 Å². The zero-order chi connectivity index (χ0) is 18.2. The third-order valence-corrected chi connectivity index (χ3v) is 5.32. The van der Waals surface area contributed by atoms with Crippen molar-refractivity contribution in [2.45, 2.75) is 58.0 Å². The summed E-state index contributed by atoms with van der Waals surface area (Å²) in [4.78, 5) is 28.8. The number of aromatic nitrogens is 3. The van der Waals surface area contributed by atoms with Gasteiger partial charge in [-0.15, -0.1) is 0 Å². The first kappa shape index (κ1) is 17.7. The molecule has 1 amide bonds. The maximum Gasteiger partial charge on any atom is 0.276 e. The molecule has 0 aliphatic heterocycles. The van der Waals surface area contributed by atoms with Crippen LogP contribution in [0.4, 0.5) is 0 Å². The Hall–Kier alpha value is -2.15. The number of hydrogen-bond donors (Lipinski definition) is 3. The highest BCUT2D eigenvalue weighted by Crippen LogP contribution is 2.28. The summed E-state index contributed by atoms with van der Waals surface area (Å²) in [6.07, 6.45) is 4.38. The number of nitrogens with one attached hydrogen (secondary N) is 2. The van der Waals surface area contributed by atoms with Crippen molar-refractivity contribution in [3.05, 3.63) is 27.2 Å². The average molecular weight is 346 g/mol. The van der Waals surface area contributed by atoms with E-state index in [0.717, 1.165) is 42.5 Å².